The van der Waals surface area contributed by atoms with Gasteiger partial charge in [0.05, 0.1) is 5.02 Å². The molecule has 0 unspecified atom stereocenters. The van der Waals surface area contributed by atoms with Crippen molar-refractivity contribution < 1.29 is 4.74 Å². The van der Waals surface area contributed by atoms with Gasteiger partial charge in [0.15, 0.2) is 5.75 Å². The molecule has 0 atom stereocenters. The van der Waals surface area contributed by atoms with Crippen LogP contribution in [-0.2, 0) is 6.54 Å². The second-order valence-corrected chi connectivity index (χ2v) is 5.11. The Morgan fingerprint density at radius 1 is 1.24 bits per heavy atom. The largest absolute Gasteiger partial charge is 0.437 e. The first-order valence-electron chi connectivity index (χ1n) is 6.56. The first-order valence-corrected chi connectivity index (χ1v) is 6.94. The third-order valence-electron chi connectivity index (χ3n) is 3.17. The van der Waals surface area contributed by atoms with E-state index in [-0.39, 0.29) is 0 Å². The van der Waals surface area contributed by atoms with Gasteiger partial charge in [-0.2, -0.15) is 0 Å². The van der Waals surface area contributed by atoms with E-state index in [0.717, 1.165) is 22.2 Å². The van der Waals surface area contributed by atoms with Crippen LogP contribution < -0.4 is 10.5 Å². The molecule has 0 radical (unpaired) electrons. The molecular weight excluding hydrogens is 286 g/mol. The molecule has 1 aromatic carbocycles. The Kier molecular flexibility index (Phi) is 3.73. The van der Waals surface area contributed by atoms with Gasteiger partial charge in [-0.25, -0.2) is 9.97 Å². The molecule has 106 valence electrons. The third-order valence-corrected chi connectivity index (χ3v) is 3.51. The highest BCUT2D eigenvalue weighted by Gasteiger charge is 2.08. The quantitative estimate of drug-likeness (QED) is 0.798. The molecule has 0 aliphatic carbocycles. The standard InChI is InChI=1S/C16H14ClN3O/c1-10-5-6-11-3-2-4-14(16(11)20-10)21-15-7-12(8-18)13(17)9-19-15/h2-7,9H,8,18H2,1H3. The Bertz CT molecular complexity index is 805. The second-order valence-electron chi connectivity index (χ2n) is 4.70. The van der Waals surface area contributed by atoms with E-state index in [1.165, 1.54) is 0 Å². The molecule has 3 rings (SSSR count). The van der Waals surface area contributed by atoms with Gasteiger partial charge < -0.3 is 10.5 Å². The molecule has 0 spiro atoms. The van der Waals surface area contributed by atoms with E-state index in [1.54, 1.807) is 12.3 Å². The summed E-state index contributed by atoms with van der Waals surface area (Å²) < 4.78 is 5.86. The highest BCUT2D eigenvalue weighted by molar-refractivity contribution is 6.31. The number of aryl methyl sites for hydroxylation is 1. The van der Waals surface area contributed by atoms with Gasteiger partial charge in [-0.15, -0.1) is 0 Å². The summed E-state index contributed by atoms with van der Waals surface area (Å²) in [6.07, 6.45) is 1.54. The molecule has 4 nitrogen and oxygen atoms in total. The molecular formula is C16H14ClN3O. The lowest BCUT2D eigenvalue weighted by Crippen LogP contribution is -1.99. The Hall–Kier alpha value is -2.17. The lowest BCUT2D eigenvalue weighted by Gasteiger charge is -2.09. The maximum absolute atomic E-state index is 6.00. The van der Waals surface area contributed by atoms with Crippen molar-refractivity contribution in [2.45, 2.75) is 13.5 Å². The highest BCUT2D eigenvalue weighted by atomic mass is 35.5. The van der Waals surface area contributed by atoms with Crippen molar-refractivity contribution in [2.75, 3.05) is 0 Å². The van der Waals surface area contributed by atoms with Crippen molar-refractivity contribution >= 4 is 22.5 Å². The minimum Gasteiger partial charge on any atom is -0.437 e. The van der Waals surface area contributed by atoms with Gasteiger partial charge in [0.25, 0.3) is 0 Å². The fourth-order valence-electron chi connectivity index (χ4n) is 2.08. The minimum atomic E-state index is 0.338. The molecule has 0 fully saturated rings. The summed E-state index contributed by atoms with van der Waals surface area (Å²) in [6.45, 7) is 2.29. The number of hydrogen-bond donors (Lipinski definition) is 1. The van der Waals surface area contributed by atoms with Crippen LogP contribution in [0.4, 0.5) is 0 Å². The number of fused-ring (bicyclic) bond motifs is 1. The van der Waals surface area contributed by atoms with Crippen LogP contribution in [0.15, 0.2) is 42.6 Å². The van der Waals surface area contributed by atoms with Gasteiger partial charge in [0, 0.05) is 29.9 Å². The first kappa shape index (κ1) is 13.8. The van der Waals surface area contributed by atoms with Gasteiger partial charge in [-0.1, -0.05) is 29.8 Å². The van der Waals surface area contributed by atoms with Crippen LogP contribution in [0.2, 0.25) is 5.02 Å². The van der Waals surface area contributed by atoms with E-state index >= 15 is 0 Å². The molecule has 2 N–H and O–H groups in total. The van der Waals surface area contributed by atoms with Crippen molar-refractivity contribution in [2.24, 2.45) is 5.73 Å². The smallest absolute Gasteiger partial charge is 0.219 e. The molecule has 0 amide bonds. The highest BCUT2D eigenvalue weighted by Crippen LogP contribution is 2.29. The predicted molar refractivity (Wildman–Crippen MR) is 83.7 cm³/mol. The topological polar surface area (TPSA) is 61.0 Å². The van der Waals surface area contributed by atoms with Crippen molar-refractivity contribution in [3.05, 3.63) is 58.9 Å². The summed E-state index contributed by atoms with van der Waals surface area (Å²) in [5.41, 5.74) is 8.18. The van der Waals surface area contributed by atoms with Crippen LogP contribution in [-0.4, -0.2) is 9.97 Å². The zero-order valence-corrected chi connectivity index (χ0v) is 12.3. The summed E-state index contributed by atoms with van der Waals surface area (Å²) in [5.74, 6) is 1.12. The molecule has 0 saturated carbocycles. The number of halogens is 1. The van der Waals surface area contributed by atoms with E-state index in [9.17, 15) is 0 Å². The summed E-state index contributed by atoms with van der Waals surface area (Å²) in [7, 11) is 0. The Morgan fingerprint density at radius 3 is 2.90 bits per heavy atom. The monoisotopic (exact) mass is 299 g/mol. The SMILES string of the molecule is Cc1ccc2cccc(Oc3cc(CN)c(Cl)cn3)c2n1. The number of hydrogen-bond acceptors (Lipinski definition) is 4. The summed E-state index contributed by atoms with van der Waals surface area (Å²) in [6, 6.07) is 11.5. The fourth-order valence-corrected chi connectivity index (χ4v) is 2.26. The van der Waals surface area contributed by atoms with E-state index in [0.29, 0.717) is 23.2 Å². The van der Waals surface area contributed by atoms with Gasteiger partial charge in [-0.3, -0.25) is 0 Å². The van der Waals surface area contributed by atoms with Crippen LogP contribution in [0.5, 0.6) is 11.6 Å². The summed E-state index contributed by atoms with van der Waals surface area (Å²) in [5, 5.41) is 1.56. The molecule has 2 aromatic heterocycles. The zero-order valence-electron chi connectivity index (χ0n) is 11.5. The van der Waals surface area contributed by atoms with E-state index < -0.39 is 0 Å². The van der Waals surface area contributed by atoms with Gasteiger partial charge in [0.2, 0.25) is 5.88 Å². The predicted octanol–water partition coefficient (Wildman–Crippen LogP) is 3.84. The number of pyridine rings is 2. The van der Waals surface area contributed by atoms with Gasteiger partial charge in [0.1, 0.15) is 5.52 Å². The zero-order chi connectivity index (χ0) is 14.8. The molecule has 3 aromatic rings. The van der Waals surface area contributed by atoms with E-state index in [2.05, 4.69) is 9.97 Å². The number of nitrogens with two attached hydrogens (primary N) is 1. The van der Waals surface area contributed by atoms with Crippen LogP contribution >= 0.6 is 11.6 Å². The molecule has 2 heterocycles. The molecule has 0 bridgehead atoms. The van der Waals surface area contributed by atoms with Crippen LogP contribution in [0.25, 0.3) is 10.9 Å². The number of benzene rings is 1. The van der Waals surface area contributed by atoms with Crippen molar-refractivity contribution in [1.82, 2.24) is 9.97 Å². The maximum Gasteiger partial charge on any atom is 0.219 e. The van der Waals surface area contributed by atoms with Crippen molar-refractivity contribution in [3.8, 4) is 11.6 Å². The summed E-state index contributed by atoms with van der Waals surface area (Å²) in [4.78, 5) is 8.70. The second kappa shape index (κ2) is 5.68. The molecule has 5 heteroatoms. The van der Waals surface area contributed by atoms with Crippen LogP contribution in [0.1, 0.15) is 11.3 Å². The average Bonchev–Trinajstić information content (AvgIpc) is 2.50. The molecule has 0 saturated heterocycles. The Balaban J connectivity index is 2.03. The average molecular weight is 300 g/mol. The maximum atomic E-state index is 6.00. The summed E-state index contributed by atoms with van der Waals surface area (Å²) >= 11 is 6.00. The molecule has 0 aliphatic heterocycles. The fraction of sp³-hybridized carbons (Fsp3) is 0.125. The van der Waals surface area contributed by atoms with Crippen LogP contribution in [0, 0.1) is 6.92 Å². The number of aromatic nitrogens is 2. The van der Waals surface area contributed by atoms with Crippen molar-refractivity contribution in [1.29, 1.82) is 0 Å². The number of rotatable bonds is 3. The lowest BCUT2D eigenvalue weighted by atomic mass is 10.2. The number of para-hydroxylation sites is 1. The minimum absolute atomic E-state index is 0.338. The Morgan fingerprint density at radius 2 is 2.10 bits per heavy atom. The van der Waals surface area contributed by atoms with Gasteiger partial charge in [-0.05, 0) is 24.6 Å². The van der Waals surface area contributed by atoms with E-state index in [4.69, 9.17) is 22.1 Å². The lowest BCUT2D eigenvalue weighted by molar-refractivity contribution is 0.466. The van der Waals surface area contributed by atoms with Crippen LogP contribution in [0.3, 0.4) is 0 Å². The van der Waals surface area contributed by atoms with E-state index in [1.807, 2.05) is 37.3 Å². The third kappa shape index (κ3) is 2.82. The number of ether oxygens (including phenoxy) is 1. The van der Waals surface area contributed by atoms with Crippen molar-refractivity contribution in [3.63, 3.8) is 0 Å². The normalized spacial score (nSPS) is 10.8. The number of nitrogens with zero attached hydrogens (tertiary/aromatic N) is 2. The molecule has 0 aliphatic rings. The Labute approximate surface area is 127 Å². The van der Waals surface area contributed by atoms with Gasteiger partial charge >= 0.3 is 0 Å². The molecule has 21 heavy (non-hydrogen) atoms. The first-order chi connectivity index (χ1) is 10.2.